The van der Waals surface area contributed by atoms with Crippen molar-refractivity contribution in [3.05, 3.63) is 35.7 Å². The lowest BCUT2D eigenvalue weighted by Crippen LogP contribution is -2.04. The van der Waals surface area contributed by atoms with Crippen molar-refractivity contribution in [2.24, 2.45) is 0 Å². The first-order valence-corrected chi connectivity index (χ1v) is 7.02. The Balaban J connectivity index is 2.54. The molecule has 2 rings (SSSR count). The molecule has 0 aliphatic rings. The number of aromatic nitrogens is 2. The highest BCUT2D eigenvalue weighted by molar-refractivity contribution is 7.99. The van der Waals surface area contributed by atoms with Gasteiger partial charge in [-0.1, -0.05) is 23.9 Å². The van der Waals surface area contributed by atoms with Crippen LogP contribution < -0.4 is 0 Å². The first kappa shape index (κ1) is 14.6. The van der Waals surface area contributed by atoms with Gasteiger partial charge in [-0.2, -0.15) is 0 Å². The first-order chi connectivity index (χ1) is 9.38. The van der Waals surface area contributed by atoms with Crippen molar-refractivity contribution < 1.29 is 14.3 Å². The molecule has 0 aliphatic carbocycles. The van der Waals surface area contributed by atoms with Gasteiger partial charge in [-0.15, -0.1) is 0 Å². The largest absolute Gasteiger partial charge is 0.481 e. The summed E-state index contributed by atoms with van der Waals surface area (Å²) in [4.78, 5) is 15.0. The van der Waals surface area contributed by atoms with Crippen molar-refractivity contribution in [2.75, 3.05) is 5.75 Å². The summed E-state index contributed by atoms with van der Waals surface area (Å²) in [5, 5.41) is 9.34. The number of thioether (sulfide) groups is 1. The summed E-state index contributed by atoms with van der Waals surface area (Å²) >= 11 is 1.12. The second-order valence-corrected chi connectivity index (χ2v) is 5.65. The van der Waals surface area contributed by atoms with E-state index in [9.17, 15) is 9.18 Å². The molecule has 4 nitrogen and oxygen atoms in total. The average Bonchev–Trinajstić information content (AvgIpc) is 2.65. The number of rotatable bonds is 5. The number of halogens is 1. The summed E-state index contributed by atoms with van der Waals surface area (Å²) in [5.41, 5.74) is 2.78. The third-order valence-electron chi connectivity index (χ3n) is 2.75. The highest BCUT2D eigenvalue weighted by Gasteiger charge is 2.14. The molecule has 106 valence electrons. The zero-order chi connectivity index (χ0) is 14.9. The second-order valence-electron chi connectivity index (χ2n) is 4.71. The summed E-state index contributed by atoms with van der Waals surface area (Å²) in [7, 11) is 0. The second kappa shape index (κ2) is 5.66. The van der Waals surface area contributed by atoms with E-state index in [-0.39, 0.29) is 11.6 Å². The quantitative estimate of drug-likeness (QED) is 0.679. The number of carboxylic acid groups (broad SMARTS) is 1. The van der Waals surface area contributed by atoms with Gasteiger partial charge in [0.1, 0.15) is 5.82 Å². The molecule has 6 heteroatoms. The molecule has 0 spiro atoms. The zero-order valence-electron chi connectivity index (χ0n) is 11.3. The van der Waals surface area contributed by atoms with Gasteiger partial charge in [0, 0.05) is 12.6 Å². The Kier molecular flexibility index (Phi) is 4.13. The lowest BCUT2D eigenvalue weighted by atomic mass is 10.2. The molecule has 1 heterocycles. The number of hydrogen-bond acceptors (Lipinski definition) is 3. The highest BCUT2D eigenvalue weighted by Crippen LogP contribution is 2.26. The summed E-state index contributed by atoms with van der Waals surface area (Å²) in [6, 6.07) is 3.11. The number of fused-ring (bicyclic) bond motifs is 1. The molecule has 0 fully saturated rings. The van der Waals surface area contributed by atoms with E-state index >= 15 is 0 Å². The Morgan fingerprint density at radius 3 is 2.85 bits per heavy atom. The van der Waals surface area contributed by atoms with E-state index in [1.54, 1.807) is 13.0 Å². The topological polar surface area (TPSA) is 55.1 Å². The number of carboxylic acids is 1. The maximum absolute atomic E-state index is 13.6. The van der Waals surface area contributed by atoms with Crippen LogP contribution in [-0.4, -0.2) is 26.4 Å². The van der Waals surface area contributed by atoms with Crippen LogP contribution in [0.2, 0.25) is 0 Å². The third kappa shape index (κ3) is 3.01. The maximum atomic E-state index is 13.6. The minimum atomic E-state index is -0.911. The van der Waals surface area contributed by atoms with Crippen molar-refractivity contribution in [1.82, 2.24) is 9.55 Å². The predicted molar refractivity (Wildman–Crippen MR) is 77.6 cm³/mol. The Morgan fingerprint density at radius 2 is 2.25 bits per heavy atom. The third-order valence-corrected chi connectivity index (χ3v) is 3.71. The fourth-order valence-corrected chi connectivity index (χ4v) is 2.62. The summed E-state index contributed by atoms with van der Waals surface area (Å²) in [5.74, 6) is -1.31. The molecule has 0 radical (unpaired) electrons. The molecule has 0 saturated carbocycles. The molecule has 0 atom stereocenters. The highest BCUT2D eigenvalue weighted by atomic mass is 32.2. The first-order valence-electron chi connectivity index (χ1n) is 6.04. The molecule has 20 heavy (non-hydrogen) atoms. The van der Waals surface area contributed by atoms with Crippen molar-refractivity contribution in [3.63, 3.8) is 0 Å². The van der Waals surface area contributed by atoms with Crippen molar-refractivity contribution in [1.29, 1.82) is 0 Å². The van der Waals surface area contributed by atoms with Gasteiger partial charge < -0.3 is 9.67 Å². The molecule has 0 amide bonds. The van der Waals surface area contributed by atoms with E-state index in [2.05, 4.69) is 11.6 Å². The number of aliphatic carboxylic acids is 1. The Hall–Kier alpha value is -1.82. The SMILES string of the molecule is C=C(C)Cn1c(SCC(=O)O)nc2cc(F)c(C)cc21. The molecule has 1 aromatic carbocycles. The number of benzene rings is 1. The lowest BCUT2D eigenvalue weighted by molar-refractivity contribution is -0.133. The van der Waals surface area contributed by atoms with Crippen LogP contribution in [0.15, 0.2) is 29.4 Å². The number of allylic oxidation sites excluding steroid dienone is 1. The minimum absolute atomic E-state index is 0.0824. The molecule has 2 aromatic rings. The van der Waals surface area contributed by atoms with Crippen molar-refractivity contribution in [2.45, 2.75) is 25.5 Å². The zero-order valence-corrected chi connectivity index (χ0v) is 12.1. The fourth-order valence-electron chi connectivity index (χ4n) is 1.89. The lowest BCUT2D eigenvalue weighted by Gasteiger charge is -2.08. The van der Waals surface area contributed by atoms with Crippen LogP contribution in [0.1, 0.15) is 12.5 Å². The van der Waals surface area contributed by atoms with E-state index < -0.39 is 5.97 Å². The van der Waals surface area contributed by atoms with Gasteiger partial charge in [0.25, 0.3) is 0 Å². The fraction of sp³-hybridized carbons (Fsp3) is 0.286. The van der Waals surface area contributed by atoms with Gasteiger partial charge in [0.15, 0.2) is 5.16 Å². The van der Waals surface area contributed by atoms with E-state index in [4.69, 9.17) is 5.11 Å². The van der Waals surface area contributed by atoms with Gasteiger partial charge in [-0.05, 0) is 25.5 Å². The number of hydrogen-bond donors (Lipinski definition) is 1. The van der Waals surface area contributed by atoms with E-state index in [0.717, 1.165) is 22.9 Å². The van der Waals surface area contributed by atoms with E-state index in [1.165, 1.54) is 6.07 Å². The van der Waals surface area contributed by atoms with Crippen LogP contribution in [0.4, 0.5) is 4.39 Å². The Labute approximate surface area is 120 Å². The standard InChI is InChI=1S/C14H15FN2O2S/c1-8(2)6-17-12-4-9(3)10(15)5-11(12)16-14(17)20-7-13(18)19/h4-5H,1,6-7H2,2-3H3,(H,18,19). The normalized spacial score (nSPS) is 10.9. The monoisotopic (exact) mass is 294 g/mol. The van der Waals surface area contributed by atoms with E-state index in [0.29, 0.717) is 22.8 Å². The smallest absolute Gasteiger partial charge is 0.313 e. The van der Waals surface area contributed by atoms with Gasteiger partial charge >= 0.3 is 5.97 Å². The van der Waals surface area contributed by atoms with E-state index in [1.807, 2.05) is 11.5 Å². The average molecular weight is 294 g/mol. The van der Waals surface area contributed by atoms with Crippen LogP contribution in [-0.2, 0) is 11.3 Å². The Morgan fingerprint density at radius 1 is 1.55 bits per heavy atom. The van der Waals surface area contributed by atoms with Crippen LogP contribution in [0.5, 0.6) is 0 Å². The van der Waals surface area contributed by atoms with Gasteiger partial charge in [0.2, 0.25) is 0 Å². The van der Waals surface area contributed by atoms with Gasteiger partial charge in [-0.3, -0.25) is 4.79 Å². The molecule has 0 unspecified atom stereocenters. The summed E-state index contributed by atoms with van der Waals surface area (Å²) in [6.45, 7) is 7.97. The molecular weight excluding hydrogens is 279 g/mol. The molecule has 0 aliphatic heterocycles. The molecule has 1 aromatic heterocycles. The summed E-state index contributed by atoms with van der Waals surface area (Å²) < 4.78 is 15.5. The minimum Gasteiger partial charge on any atom is -0.481 e. The predicted octanol–water partition coefficient (Wildman–Crippen LogP) is 3.24. The summed E-state index contributed by atoms with van der Waals surface area (Å²) in [6.07, 6.45) is 0. The van der Waals surface area contributed by atoms with Crippen LogP contribution in [0.3, 0.4) is 0 Å². The van der Waals surface area contributed by atoms with Crippen molar-refractivity contribution in [3.8, 4) is 0 Å². The number of imidazole rings is 1. The van der Waals surface area contributed by atoms with Crippen molar-refractivity contribution >= 4 is 28.8 Å². The van der Waals surface area contributed by atoms with Crippen LogP contribution >= 0.6 is 11.8 Å². The van der Waals surface area contributed by atoms with Crippen LogP contribution in [0.25, 0.3) is 11.0 Å². The van der Waals surface area contributed by atoms with Gasteiger partial charge in [-0.25, -0.2) is 9.37 Å². The van der Waals surface area contributed by atoms with Crippen LogP contribution in [0, 0.1) is 12.7 Å². The number of carbonyl (C=O) groups is 1. The van der Waals surface area contributed by atoms with Gasteiger partial charge in [0.05, 0.1) is 16.8 Å². The molecule has 0 bridgehead atoms. The Bertz CT molecular complexity index is 694. The number of aryl methyl sites for hydroxylation is 1. The number of nitrogens with zero attached hydrogens (tertiary/aromatic N) is 2. The maximum Gasteiger partial charge on any atom is 0.313 e. The molecular formula is C14H15FN2O2S. The molecule has 0 saturated heterocycles. The molecule has 1 N–H and O–H groups in total.